The molecule has 2 N–H and O–H groups in total. The van der Waals surface area contributed by atoms with Gasteiger partial charge in [0.1, 0.15) is 23.0 Å². The lowest BCUT2D eigenvalue weighted by Crippen LogP contribution is -2.41. The van der Waals surface area contributed by atoms with Crippen molar-refractivity contribution in [3.63, 3.8) is 0 Å². The average molecular weight is 595 g/mol. The van der Waals surface area contributed by atoms with E-state index in [2.05, 4.69) is 33.7 Å². The van der Waals surface area contributed by atoms with Gasteiger partial charge >= 0.3 is 0 Å². The van der Waals surface area contributed by atoms with Crippen LogP contribution in [0.15, 0.2) is 53.7 Å². The molecule has 3 aliphatic rings. The van der Waals surface area contributed by atoms with E-state index in [1.54, 1.807) is 37.5 Å². The van der Waals surface area contributed by atoms with Gasteiger partial charge in [-0.25, -0.2) is 9.97 Å². The van der Waals surface area contributed by atoms with Crippen LogP contribution in [0.1, 0.15) is 65.5 Å². The van der Waals surface area contributed by atoms with Crippen molar-refractivity contribution >= 4 is 23.2 Å². The molecule has 0 unspecified atom stereocenters. The number of rotatable bonds is 7. The molecule has 7 rings (SSSR count). The maximum Gasteiger partial charge on any atom is 0.276 e. The molecular formula is C34H38N6O4. The van der Waals surface area contributed by atoms with Gasteiger partial charge in [-0.05, 0) is 78.0 Å². The molecule has 0 atom stereocenters. The molecule has 10 nitrogen and oxygen atoms in total. The molecule has 44 heavy (non-hydrogen) atoms. The minimum Gasteiger partial charge on any atom is -0.392 e. The molecule has 5 heterocycles. The molecule has 1 saturated carbocycles. The van der Waals surface area contributed by atoms with Gasteiger partial charge in [-0.15, -0.1) is 0 Å². The first-order valence-electron chi connectivity index (χ1n) is 15.2. The van der Waals surface area contributed by atoms with E-state index < -0.39 is 0 Å². The molecule has 4 aromatic heterocycles. The first-order valence-corrected chi connectivity index (χ1v) is 15.2. The van der Waals surface area contributed by atoms with Gasteiger partial charge in [0.05, 0.1) is 12.7 Å². The van der Waals surface area contributed by atoms with Gasteiger partial charge in [0, 0.05) is 62.7 Å². The highest BCUT2D eigenvalue weighted by atomic mass is 16.5. The second kappa shape index (κ2) is 10.7. The number of aryl methyl sites for hydroxylation is 1. The zero-order valence-corrected chi connectivity index (χ0v) is 25.6. The highest BCUT2D eigenvalue weighted by Crippen LogP contribution is 2.41. The monoisotopic (exact) mass is 594 g/mol. The topological polar surface area (TPSA) is 115 Å². The number of carbonyl (C=O) groups is 1. The lowest BCUT2D eigenvalue weighted by molar-refractivity contribution is 0.0257. The molecule has 10 heteroatoms. The first-order chi connectivity index (χ1) is 21.2. The minimum atomic E-state index is -0.312. The Kier molecular flexibility index (Phi) is 6.93. The number of anilines is 3. The summed E-state index contributed by atoms with van der Waals surface area (Å²) in [7, 11) is 3.44. The third-order valence-corrected chi connectivity index (χ3v) is 9.51. The molecule has 1 aliphatic heterocycles. The zero-order chi connectivity index (χ0) is 30.7. The Bertz CT molecular complexity index is 1820. The van der Waals surface area contributed by atoms with Crippen LogP contribution in [0.3, 0.4) is 0 Å². The van der Waals surface area contributed by atoms with E-state index in [-0.39, 0.29) is 23.5 Å². The van der Waals surface area contributed by atoms with Gasteiger partial charge in [0.2, 0.25) is 0 Å². The number of hydrogen-bond donors (Lipinski definition) is 2. The van der Waals surface area contributed by atoms with E-state index >= 15 is 0 Å². The Morgan fingerprint density at radius 3 is 2.64 bits per heavy atom. The van der Waals surface area contributed by atoms with Crippen molar-refractivity contribution in [2.45, 2.75) is 64.7 Å². The van der Waals surface area contributed by atoms with Crippen LogP contribution >= 0.6 is 0 Å². The third kappa shape index (κ3) is 4.82. The van der Waals surface area contributed by atoms with Gasteiger partial charge in [-0.1, -0.05) is 19.9 Å². The highest BCUT2D eigenvalue weighted by molar-refractivity contribution is 6.06. The highest BCUT2D eigenvalue weighted by Gasteiger charge is 2.37. The molecule has 1 fully saturated rings. The van der Waals surface area contributed by atoms with Crippen molar-refractivity contribution in [3.8, 4) is 11.1 Å². The Hall–Kier alpha value is -4.28. The zero-order valence-electron chi connectivity index (χ0n) is 25.6. The Morgan fingerprint density at radius 1 is 1.09 bits per heavy atom. The number of aliphatic hydroxyl groups is 1. The van der Waals surface area contributed by atoms with Crippen molar-refractivity contribution < 1.29 is 14.6 Å². The number of hydrogen-bond acceptors (Lipinski definition) is 7. The average Bonchev–Trinajstić information content (AvgIpc) is 3.47. The fraction of sp³-hybridized carbons (Fsp3) is 0.412. The van der Waals surface area contributed by atoms with Gasteiger partial charge in [0.15, 0.2) is 0 Å². The number of methoxy groups -OCH3 is 1. The van der Waals surface area contributed by atoms with E-state index in [1.807, 2.05) is 30.5 Å². The van der Waals surface area contributed by atoms with Gasteiger partial charge in [-0.2, -0.15) is 0 Å². The fourth-order valence-electron chi connectivity index (χ4n) is 7.09. The lowest BCUT2D eigenvalue weighted by Gasteiger charge is -2.34. The van der Waals surface area contributed by atoms with Crippen molar-refractivity contribution in [1.29, 1.82) is 0 Å². The van der Waals surface area contributed by atoms with E-state index in [0.717, 1.165) is 31.2 Å². The fourth-order valence-corrected chi connectivity index (χ4v) is 7.09. The second-order valence-corrected chi connectivity index (χ2v) is 13.1. The number of ether oxygens (including phenoxy) is 1. The molecule has 228 valence electrons. The predicted octanol–water partition coefficient (Wildman–Crippen LogP) is 4.56. The van der Waals surface area contributed by atoms with Crippen LogP contribution in [0.25, 0.3) is 11.1 Å². The van der Waals surface area contributed by atoms with Crippen molar-refractivity contribution in [2.24, 2.45) is 12.5 Å². The van der Waals surface area contributed by atoms with Crippen LogP contribution in [0.5, 0.6) is 0 Å². The van der Waals surface area contributed by atoms with Crippen molar-refractivity contribution in [1.82, 2.24) is 19.1 Å². The number of carbonyl (C=O) groups excluding carboxylic acids is 1. The number of fused-ring (bicyclic) bond motifs is 3. The summed E-state index contributed by atoms with van der Waals surface area (Å²) in [5.41, 5.74) is 6.68. The maximum absolute atomic E-state index is 13.8. The molecular weight excluding hydrogens is 556 g/mol. The number of pyridine rings is 3. The van der Waals surface area contributed by atoms with Gasteiger partial charge in [-0.3, -0.25) is 14.5 Å². The van der Waals surface area contributed by atoms with Crippen molar-refractivity contribution in [3.05, 3.63) is 87.4 Å². The Labute approximate surface area is 256 Å². The molecule has 0 saturated heterocycles. The summed E-state index contributed by atoms with van der Waals surface area (Å²) in [4.78, 5) is 37.7. The molecule has 0 aromatic carbocycles. The van der Waals surface area contributed by atoms with E-state index in [9.17, 15) is 14.7 Å². The van der Waals surface area contributed by atoms with Crippen LogP contribution in [0.4, 0.5) is 17.3 Å². The Balaban J connectivity index is 1.17. The second-order valence-electron chi connectivity index (χ2n) is 13.1. The maximum atomic E-state index is 13.8. The number of nitrogens with zero attached hydrogens (tertiary/aromatic N) is 5. The van der Waals surface area contributed by atoms with Crippen LogP contribution in [0, 0.1) is 5.41 Å². The number of aromatic nitrogens is 4. The number of nitrogens with one attached hydrogen (secondary N) is 1. The van der Waals surface area contributed by atoms with Crippen molar-refractivity contribution in [2.75, 3.05) is 23.9 Å². The van der Waals surface area contributed by atoms with Crippen LogP contribution in [-0.4, -0.2) is 49.9 Å². The summed E-state index contributed by atoms with van der Waals surface area (Å²) >= 11 is 0. The normalized spacial score (nSPS) is 20.3. The van der Waals surface area contributed by atoms with Gasteiger partial charge in [0.25, 0.3) is 11.5 Å². The smallest absolute Gasteiger partial charge is 0.276 e. The standard InChI is InChI=1S/C34H38N6O4/c1-34(2)15-22-14-28-33(43)40(10-9-39(28)29(22)16-34)31-26(19-41)25(7-8-35-31)23-13-27(32(42)38(3)18-23)37-30-6-5-20(17-36-30)21-11-24(12-21)44-4/h5-8,13-14,17-18,21,24,41H,9-12,15-16,19H2,1-4H3,(H,36,37). The van der Waals surface area contributed by atoms with Crippen LogP contribution < -0.4 is 15.8 Å². The minimum absolute atomic E-state index is 0.111. The van der Waals surface area contributed by atoms with E-state index in [4.69, 9.17) is 4.74 Å². The quantitative estimate of drug-likeness (QED) is 0.323. The largest absolute Gasteiger partial charge is 0.392 e. The SMILES string of the molecule is COC1CC(c2ccc(Nc3cc(-c4ccnc(N5CCn6c(cc7c6CC(C)(C)C7)C5=O)c4CO)cn(C)c3=O)nc2)C1. The summed E-state index contributed by atoms with van der Waals surface area (Å²) in [5, 5.41) is 13.8. The summed E-state index contributed by atoms with van der Waals surface area (Å²) in [5.74, 6) is 1.34. The van der Waals surface area contributed by atoms with Crippen LogP contribution in [-0.2, 0) is 37.8 Å². The summed E-state index contributed by atoms with van der Waals surface area (Å²) in [6.45, 7) is 5.36. The van der Waals surface area contributed by atoms with E-state index in [0.29, 0.717) is 64.8 Å². The first kappa shape index (κ1) is 28.5. The Morgan fingerprint density at radius 2 is 1.91 bits per heavy atom. The molecule has 0 spiro atoms. The number of amides is 1. The lowest BCUT2D eigenvalue weighted by atomic mass is 9.78. The number of aliphatic hydroxyl groups excluding tert-OH is 1. The van der Waals surface area contributed by atoms with Gasteiger partial charge < -0.3 is 24.3 Å². The molecule has 2 aliphatic carbocycles. The molecule has 0 radical (unpaired) electrons. The van der Waals surface area contributed by atoms with E-state index in [1.165, 1.54) is 15.8 Å². The predicted molar refractivity (Wildman–Crippen MR) is 168 cm³/mol. The molecule has 0 bridgehead atoms. The third-order valence-electron chi connectivity index (χ3n) is 9.51. The molecule has 4 aromatic rings. The molecule has 1 amide bonds. The summed E-state index contributed by atoms with van der Waals surface area (Å²) in [6.07, 6.45) is 9.46. The summed E-state index contributed by atoms with van der Waals surface area (Å²) in [6, 6.07) is 9.54. The summed E-state index contributed by atoms with van der Waals surface area (Å²) < 4.78 is 9.07. The van der Waals surface area contributed by atoms with Crippen LogP contribution in [0.2, 0.25) is 0 Å².